The largest absolute Gasteiger partial charge is 0.399 e. The minimum absolute atomic E-state index is 0.640. The molecule has 1 aromatic carbocycles. The molecule has 0 atom stereocenters. The average Bonchev–Trinajstić information content (AvgIpc) is 2.39. The van der Waals surface area contributed by atoms with Crippen molar-refractivity contribution in [2.45, 2.75) is 26.2 Å². The molecule has 0 amide bonds. The Bertz CT molecular complexity index is 372. The lowest BCUT2D eigenvalue weighted by Crippen LogP contribution is -2.33. The molecule has 0 radical (unpaired) electrons. The summed E-state index contributed by atoms with van der Waals surface area (Å²) >= 11 is 0. The minimum Gasteiger partial charge on any atom is -0.399 e. The Kier molecular flexibility index (Phi) is 3.72. The molecule has 1 heterocycles. The van der Waals surface area contributed by atoms with Crippen molar-refractivity contribution in [1.29, 1.82) is 0 Å². The highest BCUT2D eigenvalue weighted by Crippen LogP contribution is 2.25. The van der Waals surface area contributed by atoms with Gasteiger partial charge in [0.2, 0.25) is 0 Å². The highest BCUT2D eigenvalue weighted by Gasteiger charge is 2.17. The monoisotopic (exact) mass is 230 g/mol. The predicted molar refractivity (Wildman–Crippen MR) is 74.9 cm³/mol. The van der Waals surface area contributed by atoms with E-state index in [1.165, 1.54) is 38.0 Å². The number of anilines is 1. The molecule has 0 spiro atoms. The highest BCUT2D eigenvalue weighted by molar-refractivity contribution is 5.63. The molecule has 0 bridgehead atoms. The van der Waals surface area contributed by atoms with Gasteiger partial charge in [0.15, 0.2) is 0 Å². The maximum absolute atomic E-state index is 5.67. The van der Waals surface area contributed by atoms with Crippen molar-refractivity contribution in [3.05, 3.63) is 36.4 Å². The van der Waals surface area contributed by atoms with E-state index in [2.05, 4.69) is 42.7 Å². The van der Waals surface area contributed by atoms with Crippen molar-refractivity contribution in [2.75, 3.05) is 18.0 Å². The van der Waals surface area contributed by atoms with Crippen LogP contribution in [0.15, 0.2) is 30.8 Å². The van der Waals surface area contributed by atoms with Crippen LogP contribution in [0, 0.1) is 5.92 Å². The van der Waals surface area contributed by atoms with Gasteiger partial charge in [-0.25, -0.2) is 0 Å². The number of rotatable bonds is 3. The van der Waals surface area contributed by atoms with E-state index in [0.717, 1.165) is 11.5 Å². The van der Waals surface area contributed by atoms with E-state index in [4.69, 9.17) is 5.73 Å². The van der Waals surface area contributed by atoms with Crippen LogP contribution in [0.3, 0.4) is 0 Å². The second kappa shape index (κ2) is 5.26. The van der Waals surface area contributed by atoms with E-state index in [1.54, 1.807) is 0 Å². The number of benzene rings is 1. The summed E-state index contributed by atoms with van der Waals surface area (Å²) in [4.78, 5) is 2.47. The Hall–Kier alpha value is -1.44. The minimum atomic E-state index is 0.640. The first-order valence-corrected chi connectivity index (χ1v) is 6.50. The van der Waals surface area contributed by atoms with Crippen LogP contribution in [0.2, 0.25) is 0 Å². The van der Waals surface area contributed by atoms with Crippen LogP contribution in [-0.4, -0.2) is 13.1 Å². The van der Waals surface area contributed by atoms with Gasteiger partial charge < -0.3 is 10.6 Å². The first kappa shape index (κ1) is 12.0. The van der Waals surface area contributed by atoms with Crippen molar-refractivity contribution in [2.24, 2.45) is 11.7 Å². The summed E-state index contributed by atoms with van der Waals surface area (Å²) < 4.78 is 0. The predicted octanol–water partition coefficient (Wildman–Crippen LogP) is 3.24. The fourth-order valence-electron chi connectivity index (χ4n) is 2.49. The molecule has 2 rings (SSSR count). The van der Waals surface area contributed by atoms with E-state index in [1.807, 2.05) is 0 Å². The van der Waals surface area contributed by atoms with Crippen LogP contribution in [0.1, 0.15) is 31.7 Å². The fraction of sp³-hybridized carbons (Fsp3) is 0.467. The molecule has 0 aromatic heterocycles. The van der Waals surface area contributed by atoms with Crippen molar-refractivity contribution in [1.82, 2.24) is 0 Å². The smallest absolute Gasteiger partial charge is 0.0366 e. The normalized spacial score (nSPS) is 17.1. The molecule has 2 nitrogen and oxygen atoms in total. The van der Waals surface area contributed by atoms with Gasteiger partial charge in [-0.3, -0.25) is 0 Å². The quantitative estimate of drug-likeness (QED) is 0.863. The molecular weight excluding hydrogens is 208 g/mol. The summed E-state index contributed by atoms with van der Waals surface area (Å²) in [5, 5.41) is 0. The Morgan fingerprint density at radius 3 is 2.35 bits per heavy atom. The zero-order chi connectivity index (χ0) is 12.3. The Balaban J connectivity index is 2.01. The standard InChI is InChI=1S/C15H22N2/c1-3-13-8-10-17(11-9-13)15-6-4-14(5-7-15)12(2)16/h4-7,13H,2-3,8-11,16H2,1H3. The Morgan fingerprint density at radius 1 is 1.29 bits per heavy atom. The molecular formula is C15H22N2. The molecule has 1 aliphatic heterocycles. The summed E-state index contributed by atoms with van der Waals surface area (Å²) in [6.45, 7) is 8.41. The zero-order valence-corrected chi connectivity index (χ0v) is 10.7. The maximum Gasteiger partial charge on any atom is 0.0366 e. The SMILES string of the molecule is C=C(N)c1ccc(N2CCC(CC)CC2)cc1. The summed E-state index contributed by atoms with van der Waals surface area (Å²) in [5.41, 5.74) is 8.65. The van der Waals surface area contributed by atoms with Crippen molar-refractivity contribution >= 4 is 11.4 Å². The highest BCUT2D eigenvalue weighted by atomic mass is 15.1. The lowest BCUT2D eigenvalue weighted by atomic mass is 9.94. The van der Waals surface area contributed by atoms with Crippen molar-refractivity contribution in [3.63, 3.8) is 0 Å². The molecule has 0 unspecified atom stereocenters. The van der Waals surface area contributed by atoms with Gasteiger partial charge in [0.1, 0.15) is 0 Å². The van der Waals surface area contributed by atoms with Gasteiger partial charge in [-0.15, -0.1) is 0 Å². The summed E-state index contributed by atoms with van der Waals surface area (Å²) in [5.74, 6) is 0.925. The number of hydrogen-bond acceptors (Lipinski definition) is 2. The van der Waals surface area contributed by atoms with Crippen molar-refractivity contribution < 1.29 is 0 Å². The third kappa shape index (κ3) is 2.82. The van der Waals surface area contributed by atoms with Crippen LogP contribution >= 0.6 is 0 Å². The molecule has 2 N–H and O–H groups in total. The van der Waals surface area contributed by atoms with Gasteiger partial charge in [0.25, 0.3) is 0 Å². The Morgan fingerprint density at radius 2 is 1.88 bits per heavy atom. The molecule has 92 valence electrons. The van der Waals surface area contributed by atoms with Crippen LogP contribution in [-0.2, 0) is 0 Å². The van der Waals surface area contributed by atoms with Crippen LogP contribution in [0.4, 0.5) is 5.69 Å². The fourth-order valence-corrected chi connectivity index (χ4v) is 2.49. The molecule has 2 heteroatoms. The van der Waals surface area contributed by atoms with E-state index in [-0.39, 0.29) is 0 Å². The number of nitrogens with two attached hydrogens (primary N) is 1. The molecule has 1 fully saturated rings. The summed E-state index contributed by atoms with van der Waals surface area (Å²) in [6.07, 6.45) is 3.96. The van der Waals surface area contributed by atoms with E-state index in [9.17, 15) is 0 Å². The van der Waals surface area contributed by atoms with E-state index < -0.39 is 0 Å². The van der Waals surface area contributed by atoms with Gasteiger partial charge >= 0.3 is 0 Å². The lowest BCUT2D eigenvalue weighted by molar-refractivity contribution is 0.395. The van der Waals surface area contributed by atoms with E-state index in [0.29, 0.717) is 5.70 Å². The van der Waals surface area contributed by atoms with Gasteiger partial charge in [0, 0.05) is 24.5 Å². The third-order valence-electron chi connectivity index (χ3n) is 3.80. The second-order valence-corrected chi connectivity index (χ2v) is 4.91. The number of nitrogens with zero attached hydrogens (tertiary/aromatic N) is 1. The molecule has 1 aliphatic rings. The molecule has 1 aromatic rings. The maximum atomic E-state index is 5.67. The van der Waals surface area contributed by atoms with Gasteiger partial charge in [-0.05, 0) is 36.5 Å². The van der Waals surface area contributed by atoms with Gasteiger partial charge in [-0.1, -0.05) is 32.1 Å². The lowest BCUT2D eigenvalue weighted by Gasteiger charge is -2.33. The van der Waals surface area contributed by atoms with Gasteiger partial charge in [-0.2, -0.15) is 0 Å². The second-order valence-electron chi connectivity index (χ2n) is 4.91. The first-order chi connectivity index (χ1) is 8.20. The molecule has 1 saturated heterocycles. The first-order valence-electron chi connectivity index (χ1n) is 6.50. The van der Waals surface area contributed by atoms with Crippen LogP contribution in [0.5, 0.6) is 0 Å². The third-order valence-corrected chi connectivity index (χ3v) is 3.80. The van der Waals surface area contributed by atoms with Crippen LogP contribution < -0.4 is 10.6 Å². The average molecular weight is 230 g/mol. The van der Waals surface area contributed by atoms with Crippen LogP contribution in [0.25, 0.3) is 5.70 Å². The zero-order valence-electron chi connectivity index (χ0n) is 10.7. The van der Waals surface area contributed by atoms with Gasteiger partial charge in [0.05, 0.1) is 0 Å². The number of hydrogen-bond donors (Lipinski definition) is 1. The van der Waals surface area contributed by atoms with E-state index >= 15 is 0 Å². The molecule has 17 heavy (non-hydrogen) atoms. The number of piperidine rings is 1. The molecule has 0 saturated carbocycles. The Labute approximate surface area is 104 Å². The topological polar surface area (TPSA) is 29.3 Å². The molecule has 0 aliphatic carbocycles. The summed E-state index contributed by atoms with van der Waals surface area (Å²) in [6, 6.07) is 8.42. The summed E-state index contributed by atoms with van der Waals surface area (Å²) in [7, 11) is 0. The van der Waals surface area contributed by atoms with Crippen molar-refractivity contribution in [3.8, 4) is 0 Å².